The molecule has 0 amide bonds. The lowest BCUT2D eigenvalue weighted by atomic mass is 10.0. The summed E-state index contributed by atoms with van der Waals surface area (Å²) in [5.74, 6) is -1.67. The van der Waals surface area contributed by atoms with E-state index in [0.717, 1.165) is 122 Å². The molecule has 5 atom stereocenters. The first-order chi connectivity index (χ1) is 51.2. The Labute approximate surface area is 638 Å². The van der Waals surface area contributed by atoms with E-state index in [0.29, 0.717) is 25.7 Å². The van der Waals surface area contributed by atoms with E-state index in [2.05, 4.69) is 167 Å². The van der Waals surface area contributed by atoms with Crippen LogP contribution in [-0.2, 0) is 55.8 Å². The van der Waals surface area contributed by atoms with Crippen molar-refractivity contribution in [3.05, 3.63) is 158 Å². The Morgan fingerprint density at radius 2 is 0.514 bits per heavy atom. The summed E-state index contributed by atoms with van der Waals surface area (Å²) in [5, 5.41) is 20.7. The summed E-state index contributed by atoms with van der Waals surface area (Å²) in [5.41, 5.74) is 0. The predicted octanol–water partition coefficient (Wildman–Crippen LogP) is 24.2. The maximum absolute atomic E-state index is 13.0. The van der Waals surface area contributed by atoms with Crippen molar-refractivity contribution in [2.45, 2.75) is 334 Å². The Balaban J connectivity index is 4.58. The molecule has 0 aromatic carbocycles. The highest BCUT2D eigenvalue weighted by atomic mass is 31.2. The Bertz CT molecular complexity index is 2540. The van der Waals surface area contributed by atoms with E-state index in [1.807, 2.05) is 12.2 Å². The molecule has 0 radical (unpaired) electrons. The maximum atomic E-state index is 13.0. The number of ether oxygens (including phenoxy) is 3. The molecule has 4 N–H and O–H groups in total. The van der Waals surface area contributed by atoms with Gasteiger partial charge in [-0.1, -0.05) is 307 Å². The highest BCUT2D eigenvalue weighted by molar-refractivity contribution is 7.47. The number of unbranched alkanes of at least 4 members (excludes halogenated alkanes) is 27. The standard InChI is InChI=1S/C87H146O16P2/c1-4-7-10-13-16-19-22-25-28-31-33-35-36-37-38-39-40-41-42-43-44-46-48-50-52-55-58-61-64-67-70-73-85(90)97-76-82(88)77-99-104(93,94)100-78-83(89)79-101-105(95,96)102-81-84(103-87(92)75-72-69-66-63-60-57-54-49-30-27-24-21-18-15-12-9-6-3)80-98-86(91)74-71-68-65-62-59-56-53-51-47-45-34-32-29-26-23-20-17-14-11-8-5-2/h9,12,16-21,25-30,33-35,37-38,45,51,53-54,57,63,66,82-84,88-89H,4-8,10-11,13-15,22-24,31-32,36,39-44,46-50,52,55-56,58-62,64-65,67-81H2,1-3H3,(H,93,94)(H,95,96)/b12-9-,19-16-,20-17-,21-18-,28-25-,29-26-,30-27-,35-33-,38-37-,45-34-,53-51-,57-54-,66-63-. The molecule has 0 saturated heterocycles. The van der Waals surface area contributed by atoms with Gasteiger partial charge < -0.3 is 34.2 Å². The van der Waals surface area contributed by atoms with Gasteiger partial charge in [-0.2, -0.15) is 0 Å². The minimum Gasteiger partial charge on any atom is -0.463 e. The average molecular weight is 1510 g/mol. The number of aliphatic hydroxyl groups is 2. The molecule has 0 heterocycles. The minimum absolute atomic E-state index is 0.0168. The summed E-state index contributed by atoms with van der Waals surface area (Å²) in [6.07, 6.45) is 98.8. The SMILES string of the molecule is CC/C=C\C/C=C\C/C=C\C/C=C\C/C=C\CCCC(=O)OC(COC(=O)CCCCCCC/C=C\C/C=C\C/C=C\C/C=C\CCCCC)COP(=O)(O)OCC(O)COP(=O)(O)OCC(O)COC(=O)CCCCCCCCCCCCCCCCC/C=C\C/C=C\C/C=C\C/C=C\CCCCC. The molecule has 18 heteroatoms. The molecule has 5 unspecified atom stereocenters. The number of hydrogen-bond donors (Lipinski definition) is 4. The Morgan fingerprint density at radius 3 is 0.829 bits per heavy atom. The van der Waals surface area contributed by atoms with Crippen LogP contribution in [0.15, 0.2) is 158 Å². The number of carbonyl (C=O) groups excluding carboxylic acids is 3. The lowest BCUT2D eigenvalue weighted by molar-refractivity contribution is -0.161. The van der Waals surface area contributed by atoms with Crippen molar-refractivity contribution in [1.29, 1.82) is 0 Å². The van der Waals surface area contributed by atoms with E-state index in [1.165, 1.54) is 128 Å². The quantitative estimate of drug-likeness (QED) is 0.0146. The molecule has 0 aliphatic heterocycles. The first-order valence-corrected chi connectivity index (χ1v) is 43.8. The van der Waals surface area contributed by atoms with Crippen LogP contribution in [0.3, 0.4) is 0 Å². The van der Waals surface area contributed by atoms with Crippen LogP contribution in [0.25, 0.3) is 0 Å². The van der Waals surface area contributed by atoms with Crippen LogP contribution in [0.4, 0.5) is 0 Å². The fraction of sp³-hybridized carbons (Fsp3) is 0.667. The van der Waals surface area contributed by atoms with Crippen molar-refractivity contribution >= 4 is 33.6 Å². The van der Waals surface area contributed by atoms with Crippen molar-refractivity contribution in [3.63, 3.8) is 0 Å². The van der Waals surface area contributed by atoms with E-state index in [9.17, 15) is 43.5 Å². The van der Waals surface area contributed by atoms with E-state index in [-0.39, 0.29) is 19.3 Å². The largest absolute Gasteiger partial charge is 0.472 e. The van der Waals surface area contributed by atoms with Gasteiger partial charge in [-0.3, -0.25) is 32.5 Å². The fourth-order valence-electron chi connectivity index (χ4n) is 10.5. The topological polar surface area (TPSA) is 231 Å². The lowest BCUT2D eigenvalue weighted by Crippen LogP contribution is -2.30. The summed E-state index contributed by atoms with van der Waals surface area (Å²) in [4.78, 5) is 58.7. The van der Waals surface area contributed by atoms with Crippen molar-refractivity contribution in [3.8, 4) is 0 Å². The molecule has 0 aromatic heterocycles. The van der Waals surface area contributed by atoms with Crippen LogP contribution < -0.4 is 0 Å². The van der Waals surface area contributed by atoms with Crippen molar-refractivity contribution < 1.29 is 75.8 Å². The number of phosphoric acid groups is 2. The lowest BCUT2D eigenvalue weighted by Gasteiger charge is -2.21. The minimum atomic E-state index is -4.96. The highest BCUT2D eigenvalue weighted by Crippen LogP contribution is 2.45. The highest BCUT2D eigenvalue weighted by Gasteiger charge is 2.29. The van der Waals surface area contributed by atoms with Gasteiger partial charge in [0.05, 0.1) is 26.4 Å². The number of phosphoric ester groups is 2. The fourth-order valence-corrected chi connectivity index (χ4v) is 12.1. The van der Waals surface area contributed by atoms with Gasteiger partial charge in [0.15, 0.2) is 6.10 Å². The van der Waals surface area contributed by atoms with Gasteiger partial charge >= 0.3 is 33.6 Å². The summed E-state index contributed by atoms with van der Waals surface area (Å²) in [6, 6.07) is 0. The third-order valence-electron chi connectivity index (χ3n) is 16.7. The van der Waals surface area contributed by atoms with Gasteiger partial charge in [-0.05, 0) is 148 Å². The smallest absolute Gasteiger partial charge is 0.463 e. The van der Waals surface area contributed by atoms with Gasteiger partial charge in [-0.15, -0.1) is 0 Å². The predicted molar refractivity (Wildman–Crippen MR) is 435 cm³/mol. The van der Waals surface area contributed by atoms with Crippen molar-refractivity contribution in [2.75, 3.05) is 39.6 Å². The molecule has 0 aliphatic rings. The average Bonchev–Trinajstić information content (AvgIpc) is 1.41. The zero-order valence-corrected chi connectivity index (χ0v) is 67.4. The van der Waals surface area contributed by atoms with Crippen molar-refractivity contribution in [2.24, 2.45) is 0 Å². The second kappa shape index (κ2) is 78.7. The van der Waals surface area contributed by atoms with E-state index < -0.39 is 91.5 Å². The Hall–Kier alpha value is -4.83. The third kappa shape index (κ3) is 80.0. The molecule has 0 fully saturated rings. The Morgan fingerprint density at radius 1 is 0.276 bits per heavy atom. The van der Waals surface area contributed by atoms with E-state index in [1.54, 1.807) is 0 Å². The summed E-state index contributed by atoms with van der Waals surface area (Å²) < 4.78 is 61.1. The monoisotopic (exact) mass is 1510 g/mol. The number of rotatable bonds is 76. The normalized spacial score (nSPS) is 14.8. The Kier molecular flexibility index (Phi) is 75.1. The molecule has 105 heavy (non-hydrogen) atoms. The van der Waals surface area contributed by atoms with Crippen LogP contribution in [0, 0.1) is 0 Å². The summed E-state index contributed by atoms with van der Waals surface area (Å²) >= 11 is 0. The molecule has 16 nitrogen and oxygen atoms in total. The van der Waals surface area contributed by atoms with Gasteiger partial charge in [-0.25, -0.2) is 9.13 Å². The second-order valence-electron chi connectivity index (χ2n) is 26.8. The van der Waals surface area contributed by atoms with Gasteiger partial charge in [0, 0.05) is 19.3 Å². The third-order valence-corrected chi connectivity index (χ3v) is 18.6. The van der Waals surface area contributed by atoms with Crippen LogP contribution in [0.5, 0.6) is 0 Å². The molecule has 0 rings (SSSR count). The molecule has 0 aliphatic carbocycles. The zero-order valence-electron chi connectivity index (χ0n) is 65.6. The second-order valence-corrected chi connectivity index (χ2v) is 29.7. The van der Waals surface area contributed by atoms with E-state index >= 15 is 0 Å². The molecule has 600 valence electrons. The molecule has 0 aromatic rings. The first kappa shape index (κ1) is 100. The van der Waals surface area contributed by atoms with Gasteiger partial charge in [0.1, 0.15) is 25.4 Å². The van der Waals surface area contributed by atoms with Crippen LogP contribution in [0.1, 0.15) is 316 Å². The van der Waals surface area contributed by atoms with E-state index in [4.69, 9.17) is 32.3 Å². The molecular formula is C87H146O16P2. The molecule has 0 spiro atoms. The molecular weight excluding hydrogens is 1360 g/mol. The van der Waals surface area contributed by atoms with Gasteiger partial charge in [0.25, 0.3) is 0 Å². The molecule has 0 saturated carbocycles. The first-order valence-electron chi connectivity index (χ1n) is 40.8. The number of aliphatic hydroxyl groups excluding tert-OH is 2. The number of hydrogen-bond acceptors (Lipinski definition) is 14. The summed E-state index contributed by atoms with van der Waals surface area (Å²) in [7, 11) is -9.83. The molecule has 0 bridgehead atoms. The van der Waals surface area contributed by atoms with Crippen molar-refractivity contribution in [1.82, 2.24) is 0 Å². The number of allylic oxidation sites excluding steroid dienone is 26. The zero-order chi connectivity index (χ0) is 76.6. The van der Waals surface area contributed by atoms with Crippen LogP contribution >= 0.6 is 15.6 Å². The number of carbonyl (C=O) groups is 3. The maximum Gasteiger partial charge on any atom is 0.472 e. The number of esters is 3. The van der Waals surface area contributed by atoms with Gasteiger partial charge in [0.2, 0.25) is 0 Å². The summed E-state index contributed by atoms with van der Waals surface area (Å²) in [6.45, 7) is 2.42. The van der Waals surface area contributed by atoms with Crippen LogP contribution in [-0.4, -0.2) is 95.9 Å². The van der Waals surface area contributed by atoms with Crippen LogP contribution in [0.2, 0.25) is 0 Å².